The summed E-state index contributed by atoms with van der Waals surface area (Å²) >= 11 is 2.12. The molecule has 0 radical (unpaired) electrons. The molecule has 2 amide bonds. The highest BCUT2D eigenvalue weighted by atomic mass is 127. The van der Waals surface area contributed by atoms with Gasteiger partial charge in [-0.3, -0.25) is 9.59 Å². The molecule has 224 valence electrons. The Kier molecular flexibility index (Phi) is 8.32. The zero-order valence-electron chi connectivity index (χ0n) is 22.5. The van der Waals surface area contributed by atoms with Crippen molar-refractivity contribution >= 4 is 40.2 Å². The first-order chi connectivity index (χ1) is 19.3. The molecule has 2 N–H and O–H groups in total. The molecule has 2 aromatic rings. The SMILES string of the molecule is COc1ncc(F)c(-c2cc(C(=O)N3CCC(C(=O)N[C@H]4CC[C@@](O)(C(F)(F)F)CC4)CC34CC4)nn2PI)c1C. The molecule has 41 heavy (non-hydrogen) atoms. The van der Waals surface area contributed by atoms with Crippen LogP contribution < -0.4 is 10.1 Å². The van der Waals surface area contributed by atoms with Crippen LogP contribution in [-0.4, -0.2) is 73.4 Å². The number of halogens is 5. The molecule has 3 fully saturated rings. The lowest BCUT2D eigenvalue weighted by molar-refractivity contribution is -0.270. The average Bonchev–Trinajstić information content (AvgIpc) is 3.55. The first kappa shape index (κ1) is 30.4. The summed E-state index contributed by atoms with van der Waals surface area (Å²) in [5.41, 5.74) is -1.78. The van der Waals surface area contributed by atoms with Crippen LogP contribution in [0.2, 0.25) is 0 Å². The van der Waals surface area contributed by atoms with Crippen LogP contribution >= 0.6 is 28.4 Å². The van der Waals surface area contributed by atoms with Gasteiger partial charge in [-0.15, -0.1) is 0 Å². The zero-order chi connectivity index (χ0) is 29.7. The first-order valence-electron chi connectivity index (χ1n) is 13.4. The van der Waals surface area contributed by atoms with E-state index in [1.807, 2.05) is 0 Å². The van der Waals surface area contributed by atoms with E-state index < -0.39 is 42.0 Å². The molecular formula is C26H31F4IN5O4P. The first-order valence-corrected chi connectivity index (χ1v) is 17.5. The molecule has 2 aliphatic carbocycles. The fourth-order valence-corrected chi connectivity index (χ4v) is 7.66. The second kappa shape index (κ2) is 11.2. The minimum Gasteiger partial charge on any atom is -0.481 e. The summed E-state index contributed by atoms with van der Waals surface area (Å²) in [4.78, 5) is 32.5. The van der Waals surface area contributed by atoms with E-state index >= 15 is 0 Å². The highest BCUT2D eigenvalue weighted by Gasteiger charge is 2.56. The van der Waals surface area contributed by atoms with Gasteiger partial charge < -0.3 is 20.1 Å². The van der Waals surface area contributed by atoms with Gasteiger partial charge >= 0.3 is 6.18 Å². The van der Waals surface area contributed by atoms with E-state index in [9.17, 15) is 32.3 Å². The van der Waals surface area contributed by atoms with Gasteiger partial charge in [-0.2, -0.15) is 18.3 Å². The number of aliphatic hydroxyl groups is 1. The van der Waals surface area contributed by atoms with Crippen LogP contribution in [0.25, 0.3) is 11.3 Å². The summed E-state index contributed by atoms with van der Waals surface area (Å²) in [7, 11) is 1.45. The minimum atomic E-state index is -4.69. The van der Waals surface area contributed by atoms with Crippen LogP contribution in [0.5, 0.6) is 5.88 Å². The van der Waals surface area contributed by atoms with E-state index in [2.05, 4.69) is 37.4 Å². The van der Waals surface area contributed by atoms with E-state index in [4.69, 9.17) is 4.74 Å². The third-order valence-electron chi connectivity index (χ3n) is 8.72. The molecule has 3 aliphatic rings. The van der Waals surface area contributed by atoms with Gasteiger partial charge in [-0.25, -0.2) is 13.8 Å². The molecule has 2 saturated carbocycles. The van der Waals surface area contributed by atoms with Crippen molar-refractivity contribution in [3.05, 3.63) is 29.3 Å². The molecular weight excluding hydrogens is 680 g/mol. The Bertz CT molecular complexity index is 1340. The Labute approximate surface area is 249 Å². The number of pyridine rings is 1. The van der Waals surface area contributed by atoms with Gasteiger partial charge in [0, 0.05) is 35.2 Å². The third kappa shape index (κ3) is 5.67. The smallest absolute Gasteiger partial charge is 0.417 e. The number of rotatable bonds is 6. The van der Waals surface area contributed by atoms with Gasteiger partial charge in [-0.1, -0.05) is 0 Å². The number of amides is 2. The summed E-state index contributed by atoms with van der Waals surface area (Å²) in [5, 5.41) is 17.3. The molecule has 2 unspecified atom stereocenters. The molecule has 3 heterocycles. The highest BCUT2D eigenvalue weighted by Crippen LogP contribution is 2.51. The molecule has 1 aliphatic heterocycles. The number of hydrogen-bond acceptors (Lipinski definition) is 6. The molecule has 5 rings (SSSR count). The van der Waals surface area contributed by atoms with Crippen LogP contribution in [0.4, 0.5) is 17.6 Å². The standard InChI is InChI=1S/C26H31F4IN5O4P/c1-14-20(17(27)13-32-22(14)40-2)19-11-18(34-36(19)41-31)23(38)35-10-5-15(12-24(35)8-9-24)21(37)33-16-3-6-25(39,7-4-16)26(28,29)30/h11,13,15-16,39,41H,3-10,12H2,1-2H3,(H,33,37)/t15?,16-,25-. The Morgan fingerprint density at radius 1 is 1.22 bits per heavy atom. The van der Waals surface area contributed by atoms with Gasteiger partial charge in [0.2, 0.25) is 11.8 Å². The van der Waals surface area contributed by atoms with Gasteiger partial charge in [0.05, 0.1) is 25.4 Å². The predicted octanol–water partition coefficient (Wildman–Crippen LogP) is 4.93. The number of alkyl halides is 3. The van der Waals surface area contributed by atoms with Crippen LogP contribution in [0, 0.1) is 18.7 Å². The highest BCUT2D eigenvalue weighted by molar-refractivity contribution is 14.2. The van der Waals surface area contributed by atoms with E-state index in [-0.39, 0.29) is 54.1 Å². The lowest BCUT2D eigenvalue weighted by atomic mass is 9.81. The van der Waals surface area contributed by atoms with Gasteiger partial charge in [0.15, 0.2) is 17.1 Å². The summed E-state index contributed by atoms with van der Waals surface area (Å²) in [5.74, 6) is -1.14. The summed E-state index contributed by atoms with van der Waals surface area (Å²) < 4.78 is 61.1. The molecule has 0 bridgehead atoms. The molecule has 0 aromatic carbocycles. The maximum absolute atomic E-state index is 14.9. The van der Waals surface area contributed by atoms with Crippen LogP contribution in [0.3, 0.4) is 0 Å². The van der Waals surface area contributed by atoms with Crippen molar-refractivity contribution in [2.45, 2.75) is 81.6 Å². The van der Waals surface area contributed by atoms with E-state index in [0.29, 0.717) is 30.6 Å². The van der Waals surface area contributed by atoms with Gasteiger partial charge in [0.1, 0.15) is 0 Å². The van der Waals surface area contributed by atoms with E-state index in [1.165, 1.54) is 7.11 Å². The fraction of sp³-hybridized carbons (Fsp3) is 0.615. The molecule has 1 saturated heterocycles. The predicted molar refractivity (Wildman–Crippen MR) is 152 cm³/mol. The van der Waals surface area contributed by atoms with E-state index in [1.54, 1.807) is 22.3 Å². The van der Waals surface area contributed by atoms with Crippen molar-refractivity contribution in [1.82, 2.24) is 24.8 Å². The third-order valence-corrected chi connectivity index (χ3v) is 10.6. The van der Waals surface area contributed by atoms with Crippen molar-refractivity contribution in [3.8, 4) is 17.1 Å². The Morgan fingerprint density at radius 2 is 1.90 bits per heavy atom. The number of carbonyl (C=O) groups is 2. The Balaban J connectivity index is 1.27. The number of nitrogens with one attached hydrogen (secondary N) is 1. The minimum absolute atomic E-state index is 0.0517. The second-order valence-electron chi connectivity index (χ2n) is 11.2. The second-order valence-corrected chi connectivity index (χ2v) is 13.2. The Morgan fingerprint density at radius 3 is 2.49 bits per heavy atom. The summed E-state index contributed by atoms with van der Waals surface area (Å²) in [6.07, 6.45) is -1.95. The normalized spacial score (nSPS) is 26.0. The number of hydrogen-bond donors (Lipinski definition) is 2. The Hall–Kier alpha value is -2.06. The zero-order valence-corrected chi connectivity index (χ0v) is 25.7. The quantitative estimate of drug-likeness (QED) is 0.250. The van der Waals surface area contributed by atoms with Crippen molar-refractivity contribution in [3.63, 3.8) is 0 Å². The molecule has 15 heteroatoms. The maximum Gasteiger partial charge on any atom is 0.417 e. The number of carbonyl (C=O) groups excluding carboxylic acids is 2. The van der Waals surface area contributed by atoms with Crippen molar-refractivity contribution in [2.24, 2.45) is 5.92 Å². The van der Waals surface area contributed by atoms with Gasteiger partial charge in [-0.05, 0) is 86.4 Å². The topological polar surface area (TPSA) is 110 Å². The van der Waals surface area contributed by atoms with Crippen molar-refractivity contribution < 1.29 is 37.0 Å². The monoisotopic (exact) mass is 711 g/mol. The van der Waals surface area contributed by atoms with Crippen molar-refractivity contribution in [2.75, 3.05) is 13.7 Å². The number of likely N-dealkylation sites (tertiary alicyclic amines) is 1. The molecule has 2 atom stereocenters. The van der Waals surface area contributed by atoms with E-state index in [0.717, 1.165) is 19.0 Å². The number of nitrogens with zero attached hydrogens (tertiary/aromatic N) is 4. The lowest BCUT2D eigenvalue weighted by Gasteiger charge is -2.41. The van der Waals surface area contributed by atoms with Crippen LogP contribution in [0.1, 0.15) is 67.4 Å². The van der Waals surface area contributed by atoms with Crippen LogP contribution in [-0.2, 0) is 4.79 Å². The molecule has 2 aromatic heterocycles. The summed E-state index contributed by atoms with van der Waals surface area (Å²) in [6, 6.07) is 1.16. The number of aromatic nitrogens is 3. The molecule has 1 spiro atoms. The maximum atomic E-state index is 14.9. The lowest BCUT2D eigenvalue weighted by Crippen LogP contribution is -2.54. The number of methoxy groups -OCH3 is 1. The summed E-state index contributed by atoms with van der Waals surface area (Å²) in [6.45, 7) is 2.03. The molecule has 9 nitrogen and oxygen atoms in total. The van der Waals surface area contributed by atoms with Gasteiger partial charge in [0.25, 0.3) is 5.91 Å². The average molecular weight is 711 g/mol. The number of ether oxygens (including phenoxy) is 1. The largest absolute Gasteiger partial charge is 0.481 e. The van der Waals surface area contributed by atoms with Crippen molar-refractivity contribution in [1.29, 1.82) is 0 Å². The van der Waals surface area contributed by atoms with Crippen LogP contribution in [0.15, 0.2) is 12.3 Å². The number of piperidine rings is 1. The fourth-order valence-electron chi connectivity index (χ4n) is 6.14.